The summed E-state index contributed by atoms with van der Waals surface area (Å²) in [7, 11) is -3.02. The van der Waals surface area contributed by atoms with E-state index in [-0.39, 0.29) is 24.6 Å². The highest BCUT2D eigenvalue weighted by molar-refractivity contribution is 7.90. The minimum absolute atomic E-state index is 0.0711. The van der Waals surface area contributed by atoms with Crippen LogP contribution in [0.4, 0.5) is 5.82 Å². The Morgan fingerprint density at radius 3 is 2.71 bits per heavy atom. The summed E-state index contributed by atoms with van der Waals surface area (Å²) in [4.78, 5) is 11.3. The van der Waals surface area contributed by atoms with Crippen molar-refractivity contribution < 1.29 is 22.3 Å². The quantitative estimate of drug-likeness (QED) is 0.365. The zero-order valence-electron chi connectivity index (χ0n) is 19.3. The van der Waals surface area contributed by atoms with Crippen molar-refractivity contribution in [2.24, 2.45) is 0 Å². The molecule has 4 aromatic rings. The normalized spacial score (nSPS) is 19.2. The van der Waals surface area contributed by atoms with E-state index in [9.17, 15) is 8.42 Å². The van der Waals surface area contributed by atoms with E-state index >= 15 is 0 Å². The van der Waals surface area contributed by atoms with Gasteiger partial charge in [0.05, 0.1) is 36.2 Å². The van der Waals surface area contributed by atoms with E-state index in [1.807, 2.05) is 12.1 Å². The average Bonchev–Trinajstić information content (AvgIpc) is 3.38. The van der Waals surface area contributed by atoms with Gasteiger partial charge in [-0.1, -0.05) is 0 Å². The Kier molecular flexibility index (Phi) is 5.90. The second-order valence-corrected chi connectivity index (χ2v) is 11.0. The smallest absolute Gasteiger partial charge is 0.231 e. The maximum absolute atomic E-state index is 11.3. The third-order valence-corrected chi connectivity index (χ3v) is 6.67. The van der Waals surface area contributed by atoms with Crippen LogP contribution in [-0.4, -0.2) is 71.9 Å². The summed E-state index contributed by atoms with van der Waals surface area (Å²) >= 11 is 0. The number of pyridine rings is 1. The van der Waals surface area contributed by atoms with Crippen LogP contribution >= 0.6 is 0 Å². The first-order valence-electron chi connectivity index (χ1n) is 11.2. The SMILES string of the molecule is C[C@@H]1CN(c2nccc3oc(-c4cnc5ccc(OCCCS(C)(=O)=O)nn45)cc23)C[C@H](C)O1. The molecular formula is C23H27N5O5S. The zero-order chi connectivity index (χ0) is 23.9. The number of rotatable bonds is 7. The Morgan fingerprint density at radius 2 is 1.94 bits per heavy atom. The van der Waals surface area contributed by atoms with Gasteiger partial charge in [0.15, 0.2) is 11.4 Å². The number of hydrogen-bond acceptors (Lipinski definition) is 9. The Labute approximate surface area is 197 Å². The van der Waals surface area contributed by atoms with Crippen molar-refractivity contribution in [2.75, 3.05) is 36.6 Å². The van der Waals surface area contributed by atoms with Crippen LogP contribution in [0.3, 0.4) is 0 Å². The average molecular weight is 486 g/mol. The Balaban J connectivity index is 1.44. The van der Waals surface area contributed by atoms with E-state index in [0.717, 1.165) is 29.9 Å². The molecule has 0 unspecified atom stereocenters. The van der Waals surface area contributed by atoms with Gasteiger partial charge in [-0.3, -0.25) is 0 Å². The van der Waals surface area contributed by atoms with E-state index in [0.29, 0.717) is 29.4 Å². The standard InChI is InChI=1S/C23H27N5O5S/c1-15-13-27(14-16(2)32-15)23-17-11-20(33-19(17)7-8-24-23)18-12-25-21-5-6-22(26-28(18)21)31-9-4-10-34(3,29)30/h5-8,11-12,15-16H,4,9-10,13-14H2,1-3H3/t15-,16+. The van der Waals surface area contributed by atoms with Gasteiger partial charge in [-0.15, -0.1) is 5.10 Å². The fourth-order valence-electron chi connectivity index (χ4n) is 4.28. The molecule has 5 heterocycles. The fourth-order valence-corrected chi connectivity index (χ4v) is 4.92. The van der Waals surface area contributed by atoms with Crippen molar-refractivity contribution in [3.8, 4) is 17.3 Å². The molecule has 0 radical (unpaired) electrons. The number of nitrogens with zero attached hydrogens (tertiary/aromatic N) is 5. The van der Waals surface area contributed by atoms with Crippen molar-refractivity contribution >= 4 is 32.3 Å². The number of fused-ring (bicyclic) bond motifs is 2. The molecule has 0 spiro atoms. The summed E-state index contributed by atoms with van der Waals surface area (Å²) in [6.07, 6.45) is 5.30. The van der Waals surface area contributed by atoms with E-state index in [2.05, 4.69) is 33.8 Å². The van der Waals surface area contributed by atoms with Crippen molar-refractivity contribution in [1.82, 2.24) is 19.6 Å². The third-order valence-electron chi connectivity index (χ3n) is 5.64. The number of imidazole rings is 1. The van der Waals surface area contributed by atoms with Crippen LogP contribution in [0, 0.1) is 0 Å². The highest BCUT2D eigenvalue weighted by atomic mass is 32.2. The van der Waals surface area contributed by atoms with Crippen LogP contribution < -0.4 is 9.64 Å². The lowest BCUT2D eigenvalue weighted by Gasteiger charge is -2.36. The lowest BCUT2D eigenvalue weighted by Crippen LogP contribution is -2.45. The van der Waals surface area contributed by atoms with Gasteiger partial charge >= 0.3 is 0 Å². The number of ether oxygens (including phenoxy) is 2. The molecular weight excluding hydrogens is 458 g/mol. The first-order valence-corrected chi connectivity index (χ1v) is 13.3. The lowest BCUT2D eigenvalue weighted by atomic mass is 10.2. The van der Waals surface area contributed by atoms with Crippen LogP contribution in [0.15, 0.2) is 41.1 Å². The van der Waals surface area contributed by atoms with Gasteiger partial charge in [0.2, 0.25) is 5.88 Å². The number of furan rings is 1. The summed E-state index contributed by atoms with van der Waals surface area (Å²) < 4.78 is 42.0. The maximum Gasteiger partial charge on any atom is 0.231 e. The van der Waals surface area contributed by atoms with Crippen LogP contribution in [-0.2, 0) is 14.6 Å². The van der Waals surface area contributed by atoms with Gasteiger partial charge in [0, 0.05) is 31.6 Å². The predicted octanol–water partition coefficient (Wildman–Crippen LogP) is 2.96. The number of anilines is 1. The van der Waals surface area contributed by atoms with Crippen LogP contribution in [0.25, 0.3) is 28.1 Å². The molecule has 1 aliphatic rings. The highest BCUT2D eigenvalue weighted by Gasteiger charge is 2.25. The molecule has 0 N–H and O–H groups in total. The molecule has 1 fully saturated rings. The molecule has 5 rings (SSSR count). The molecule has 1 saturated heterocycles. The van der Waals surface area contributed by atoms with Gasteiger partial charge in [-0.25, -0.2) is 22.9 Å². The molecule has 2 atom stereocenters. The number of aromatic nitrogens is 4. The minimum Gasteiger partial charge on any atom is -0.477 e. The highest BCUT2D eigenvalue weighted by Crippen LogP contribution is 2.34. The van der Waals surface area contributed by atoms with Crippen molar-refractivity contribution in [1.29, 1.82) is 0 Å². The van der Waals surface area contributed by atoms with Crippen molar-refractivity contribution in [2.45, 2.75) is 32.5 Å². The molecule has 0 aromatic carbocycles. The summed E-state index contributed by atoms with van der Waals surface area (Å²) in [5.41, 5.74) is 2.06. The van der Waals surface area contributed by atoms with Crippen LogP contribution in [0.2, 0.25) is 0 Å². The van der Waals surface area contributed by atoms with Crippen LogP contribution in [0.5, 0.6) is 5.88 Å². The Hall–Kier alpha value is -3.18. The van der Waals surface area contributed by atoms with Gasteiger partial charge in [-0.05, 0) is 38.5 Å². The summed E-state index contributed by atoms with van der Waals surface area (Å²) in [6.45, 7) is 5.90. The van der Waals surface area contributed by atoms with Crippen molar-refractivity contribution in [3.05, 3.63) is 36.7 Å². The maximum atomic E-state index is 11.3. The Morgan fingerprint density at radius 1 is 1.15 bits per heavy atom. The monoisotopic (exact) mass is 485 g/mol. The zero-order valence-corrected chi connectivity index (χ0v) is 20.2. The number of morpholine rings is 1. The van der Waals surface area contributed by atoms with Gasteiger partial charge in [0.1, 0.15) is 26.9 Å². The molecule has 11 heteroatoms. The molecule has 0 aliphatic carbocycles. The van der Waals surface area contributed by atoms with Gasteiger partial charge in [-0.2, -0.15) is 0 Å². The van der Waals surface area contributed by atoms with E-state index in [1.165, 1.54) is 6.26 Å². The molecule has 0 amide bonds. The van der Waals surface area contributed by atoms with E-state index in [4.69, 9.17) is 13.9 Å². The molecule has 0 saturated carbocycles. The van der Waals surface area contributed by atoms with E-state index in [1.54, 1.807) is 29.0 Å². The molecule has 0 bridgehead atoms. The predicted molar refractivity (Wildman–Crippen MR) is 128 cm³/mol. The Bertz CT molecular complexity index is 1420. The second-order valence-electron chi connectivity index (χ2n) is 8.74. The molecule has 34 heavy (non-hydrogen) atoms. The first kappa shape index (κ1) is 22.6. The van der Waals surface area contributed by atoms with Gasteiger partial charge < -0.3 is 18.8 Å². The van der Waals surface area contributed by atoms with Crippen LogP contribution in [0.1, 0.15) is 20.3 Å². The van der Waals surface area contributed by atoms with E-state index < -0.39 is 9.84 Å². The largest absolute Gasteiger partial charge is 0.477 e. The second kappa shape index (κ2) is 8.88. The fraction of sp³-hybridized carbons (Fsp3) is 0.435. The lowest BCUT2D eigenvalue weighted by molar-refractivity contribution is -0.00536. The first-order chi connectivity index (χ1) is 16.3. The number of hydrogen-bond donors (Lipinski definition) is 0. The number of sulfone groups is 1. The topological polar surface area (TPSA) is 112 Å². The van der Waals surface area contributed by atoms with Crippen molar-refractivity contribution in [3.63, 3.8) is 0 Å². The van der Waals surface area contributed by atoms with Gasteiger partial charge in [0.25, 0.3) is 0 Å². The molecule has 10 nitrogen and oxygen atoms in total. The summed E-state index contributed by atoms with van der Waals surface area (Å²) in [5.74, 6) is 1.94. The molecule has 180 valence electrons. The molecule has 4 aromatic heterocycles. The minimum atomic E-state index is -3.02. The summed E-state index contributed by atoms with van der Waals surface area (Å²) in [6, 6.07) is 7.33. The molecule has 1 aliphatic heterocycles. The summed E-state index contributed by atoms with van der Waals surface area (Å²) in [5, 5.41) is 5.45. The third kappa shape index (κ3) is 4.71.